The SMILES string of the molecule is C=C(C)C(=C)C(=C)c1cc(C(=O)OC)c(C(=O)OC)c(C(=O)OC)c1. The van der Waals surface area contributed by atoms with Crippen LogP contribution in [0.2, 0.25) is 0 Å². The van der Waals surface area contributed by atoms with Crippen molar-refractivity contribution in [2.75, 3.05) is 21.3 Å². The van der Waals surface area contributed by atoms with Crippen LogP contribution in [0.1, 0.15) is 43.6 Å². The summed E-state index contributed by atoms with van der Waals surface area (Å²) in [4.78, 5) is 36.4. The van der Waals surface area contributed by atoms with E-state index in [0.717, 1.165) is 21.3 Å². The van der Waals surface area contributed by atoms with Gasteiger partial charge < -0.3 is 14.2 Å². The number of hydrogen-bond donors (Lipinski definition) is 0. The molecule has 0 atom stereocenters. The van der Waals surface area contributed by atoms with Gasteiger partial charge in [-0.15, -0.1) is 0 Å². The first kappa shape index (κ1) is 19.9. The first-order chi connectivity index (χ1) is 11.7. The highest BCUT2D eigenvalue weighted by Crippen LogP contribution is 2.29. The van der Waals surface area contributed by atoms with Gasteiger partial charge in [-0.1, -0.05) is 25.3 Å². The molecule has 0 saturated carbocycles. The zero-order valence-electron chi connectivity index (χ0n) is 14.7. The number of rotatable bonds is 6. The highest BCUT2D eigenvalue weighted by molar-refractivity contribution is 6.11. The van der Waals surface area contributed by atoms with Gasteiger partial charge in [0.25, 0.3) is 0 Å². The monoisotopic (exact) mass is 344 g/mol. The Morgan fingerprint density at radius 3 is 1.52 bits per heavy atom. The van der Waals surface area contributed by atoms with Gasteiger partial charge in [0.1, 0.15) is 0 Å². The Morgan fingerprint density at radius 2 is 1.20 bits per heavy atom. The summed E-state index contributed by atoms with van der Waals surface area (Å²) in [5, 5.41) is 0. The lowest BCUT2D eigenvalue weighted by Crippen LogP contribution is -2.18. The molecule has 1 aromatic rings. The second-order valence-corrected chi connectivity index (χ2v) is 5.16. The van der Waals surface area contributed by atoms with Crippen LogP contribution in [0.5, 0.6) is 0 Å². The fourth-order valence-electron chi connectivity index (χ4n) is 2.11. The predicted octanol–water partition coefficient (Wildman–Crippen LogP) is 3.19. The fraction of sp³-hybridized carbons (Fsp3) is 0.211. The van der Waals surface area contributed by atoms with Crippen molar-refractivity contribution in [3.05, 3.63) is 65.3 Å². The van der Waals surface area contributed by atoms with Gasteiger partial charge in [-0.3, -0.25) is 0 Å². The molecular formula is C19H20O6. The van der Waals surface area contributed by atoms with E-state index in [2.05, 4.69) is 24.5 Å². The number of allylic oxidation sites excluding steroid dienone is 3. The summed E-state index contributed by atoms with van der Waals surface area (Å²) < 4.78 is 14.1. The number of esters is 3. The molecular weight excluding hydrogens is 324 g/mol. The molecule has 6 nitrogen and oxygen atoms in total. The maximum atomic E-state index is 12.1. The molecule has 0 fully saturated rings. The molecule has 0 N–H and O–H groups in total. The Hall–Kier alpha value is -3.15. The quantitative estimate of drug-likeness (QED) is 0.448. The highest BCUT2D eigenvalue weighted by atomic mass is 16.5. The van der Waals surface area contributed by atoms with E-state index in [4.69, 9.17) is 9.47 Å². The lowest BCUT2D eigenvalue weighted by molar-refractivity contribution is 0.0535. The summed E-state index contributed by atoms with van der Waals surface area (Å²) in [6.45, 7) is 13.3. The average Bonchev–Trinajstić information content (AvgIpc) is 2.63. The first-order valence-corrected chi connectivity index (χ1v) is 7.16. The lowest BCUT2D eigenvalue weighted by atomic mass is 9.90. The van der Waals surface area contributed by atoms with Crippen LogP contribution in [0.3, 0.4) is 0 Å². The number of carbonyl (C=O) groups excluding carboxylic acids is 3. The van der Waals surface area contributed by atoms with E-state index in [1.807, 2.05) is 0 Å². The summed E-state index contributed by atoms with van der Waals surface area (Å²) in [6, 6.07) is 2.78. The third-order valence-corrected chi connectivity index (χ3v) is 3.57. The van der Waals surface area contributed by atoms with E-state index < -0.39 is 17.9 Å². The smallest absolute Gasteiger partial charge is 0.339 e. The zero-order chi connectivity index (χ0) is 19.3. The van der Waals surface area contributed by atoms with Gasteiger partial charge in [-0.25, -0.2) is 14.4 Å². The Kier molecular flexibility index (Phi) is 6.45. The molecule has 132 valence electrons. The molecule has 0 spiro atoms. The molecule has 0 saturated heterocycles. The van der Waals surface area contributed by atoms with E-state index in [0.29, 0.717) is 22.3 Å². The van der Waals surface area contributed by atoms with Gasteiger partial charge in [-0.05, 0) is 35.8 Å². The van der Waals surface area contributed by atoms with Crippen LogP contribution >= 0.6 is 0 Å². The molecule has 0 radical (unpaired) electrons. The molecule has 1 rings (SSSR count). The molecule has 0 aromatic heterocycles. The first-order valence-electron chi connectivity index (χ1n) is 7.16. The summed E-state index contributed by atoms with van der Waals surface area (Å²) in [7, 11) is 3.46. The van der Waals surface area contributed by atoms with Crippen LogP contribution in [0.15, 0.2) is 43.0 Å². The van der Waals surface area contributed by atoms with Crippen molar-refractivity contribution in [2.24, 2.45) is 0 Å². The van der Waals surface area contributed by atoms with Gasteiger partial charge in [0.2, 0.25) is 0 Å². The summed E-state index contributed by atoms with van der Waals surface area (Å²) in [5.41, 5.74) is 1.55. The molecule has 25 heavy (non-hydrogen) atoms. The Morgan fingerprint density at radius 1 is 0.800 bits per heavy atom. The van der Waals surface area contributed by atoms with Crippen LogP contribution in [0.25, 0.3) is 5.57 Å². The van der Waals surface area contributed by atoms with E-state index >= 15 is 0 Å². The molecule has 0 bridgehead atoms. The summed E-state index contributed by atoms with van der Waals surface area (Å²) in [6.07, 6.45) is 0. The summed E-state index contributed by atoms with van der Waals surface area (Å²) >= 11 is 0. The van der Waals surface area contributed by atoms with Crippen molar-refractivity contribution in [1.82, 2.24) is 0 Å². The second kappa shape index (κ2) is 8.10. The van der Waals surface area contributed by atoms with Gasteiger partial charge in [-0.2, -0.15) is 0 Å². The molecule has 0 unspecified atom stereocenters. The minimum absolute atomic E-state index is 0.136. The molecule has 0 heterocycles. The van der Waals surface area contributed by atoms with Crippen LogP contribution < -0.4 is 0 Å². The Labute approximate surface area is 146 Å². The highest BCUT2D eigenvalue weighted by Gasteiger charge is 2.28. The van der Waals surface area contributed by atoms with Crippen LogP contribution in [-0.2, 0) is 14.2 Å². The maximum Gasteiger partial charge on any atom is 0.339 e. The number of hydrogen-bond acceptors (Lipinski definition) is 6. The Bertz CT molecular complexity index is 748. The average molecular weight is 344 g/mol. The molecule has 1 aromatic carbocycles. The standard InChI is InChI=1S/C19H20O6/c1-10(2)11(3)12(4)13-8-14(17(20)23-5)16(19(22)25-7)15(9-13)18(21)24-6/h8-9H,1,3-4H2,2,5-7H3. The van der Waals surface area contributed by atoms with Crippen molar-refractivity contribution >= 4 is 23.5 Å². The van der Waals surface area contributed by atoms with Crippen molar-refractivity contribution < 1.29 is 28.6 Å². The third-order valence-electron chi connectivity index (χ3n) is 3.57. The third kappa shape index (κ3) is 4.03. The molecule has 0 aliphatic carbocycles. The van der Waals surface area contributed by atoms with E-state index in [-0.39, 0.29) is 16.7 Å². The van der Waals surface area contributed by atoms with Crippen molar-refractivity contribution in [3.8, 4) is 0 Å². The molecule has 0 aliphatic heterocycles. The van der Waals surface area contributed by atoms with Crippen LogP contribution in [-0.4, -0.2) is 39.2 Å². The van der Waals surface area contributed by atoms with Crippen molar-refractivity contribution in [2.45, 2.75) is 6.92 Å². The second-order valence-electron chi connectivity index (χ2n) is 5.16. The van der Waals surface area contributed by atoms with Gasteiger partial charge >= 0.3 is 17.9 Å². The lowest BCUT2D eigenvalue weighted by Gasteiger charge is -2.16. The number of carbonyl (C=O) groups is 3. The number of methoxy groups -OCH3 is 3. The minimum atomic E-state index is -0.864. The molecule has 0 aliphatic rings. The topological polar surface area (TPSA) is 78.9 Å². The largest absolute Gasteiger partial charge is 0.465 e. The maximum absolute atomic E-state index is 12.1. The van der Waals surface area contributed by atoms with Gasteiger partial charge in [0.05, 0.1) is 38.0 Å². The molecule has 6 heteroatoms. The van der Waals surface area contributed by atoms with E-state index in [1.165, 1.54) is 12.1 Å². The minimum Gasteiger partial charge on any atom is -0.465 e. The Balaban J connectivity index is 3.80. The van der Waals surface area contributed by atoms with Crippen LogP contribution in [0, 0.1) is 0 Å². The van der Waals surface area contributed by atoms with Crippen LogP contribution in [0.4, 0.5) is 0 Å². The van der Waals surface area contributed by atoms with Gasteiger partial charge in [0.15, 0.2) is 0 Å². The fourth-order valence-corrected chi connectivity index (χ4v) is 2.11. The van der Waals surface area contributed by atoms with Crippen molar-refractivity contribution in [3.63, 3.8) is 0 Å². The number of benzene rings is 1. The summed E-state index contributed by atoms with van der Waals surface area (Å²) in [5.74, 6) is -2.47. The normalized spacial score (nSPS) is 9.76. The zero-order valence-corrected chi connectivity index (χ0v) is 14.7. The van der Waals surface area contributed by atoms with Crippen molar-refractivity contribution in [1.29, 1.82) is 0 Å². The van der Waals surface area contributed by atoms with Gasteiger partial charge in [0, 0.05) is 0 Å². The predicted molar refractivity (Wildman–Crippen MR) is 93.4 cm³/mol. The van der Waals surface area contributed by atoms with E-state index in [9.17, 15) is 14.4 Å². The number of ether oxygens (including phenoxy) is 3. The van der Waals surface area contributed by atoms with E-state index in [1.54, 1.807) is 6.92 Å². The molecule has 0 amide bonds.